The lowest BCUT2D eigenvalue weighted by Crippen LogP contribution is -2.43. The van der Waals surface area contributed by atoms with Gasteiger partial charge in [0, 0.05) is 5.56 Å². The number of nitrogens with zero attached hydrogens (tertiary/aromatic N) is 4. The van der Waals surface area contributed by atoms with Gasteiger partial charge in [-0.15, -0.1) is 0 Å². The molecule has 2 aromatic carbocycles. The Morgan fingerprint density at radius 3 is 2.28 bits per heavy atom. The summed E-state index contributed by atoms with van der Waals surface area (Å²) in [5.41, 5.74) is 6.03. The zero-order valence-electron chi connectivity index (χ0n) is 22.8. The van der Waals surface area contributed by atoms with Crippen molar-refractivity contribution in [2.24, 2.45) is 5.41 Å². The van der Waals surface area contributed by atoms with Gasteiger partial charge in [0.2, 0.25) is 0 Å². The number of carbonyl (C=O) groups is 2. The Kier molecular flexibility index (Phi) is 7.72. The van der Waals surface area contributed by atoms with E-state index in [1.165, 1.54) is 0 Å². The van der Waals surface area contributed by atoms with E-state index in [1.807, 2.05) is 29.1 Å². The molecular formula is C31H34N4O4. The van der Waals surface area contributed by atoms with Gasteiger partial charge in [0.25, 0.3) is 0 Å². The molecule has 0 unspecified atom stereocenters. The first-order chi connectivity index (χ1) is 19.0. The fourth-order valence-corrected chi connectivity index (χ4v) is 5.46. The molecule has 2 heterocycles. The van der Waals surface area contributed by atoms with E-state index < -0.39 is 17.4 Å². The molecule has 0 aliphatic heterocycles. The molecule has 0 saturated heterocycles. The summed E-state index contributed by atoms with van der Waals surface area (Å²) in [6.07, 6.45) is 6.78. The second-order valence-electron chi connectivity index (χ2n) is 10.0. The van der Waals surface area contributed by atoms with Crippen LogP contribution in [0.3, 0.4) is 0 Å². The van der Waals surface area contributed by atoms with Crippen LogP contribution in [0.5, 0.6) is 0 Å². The third-order valence-corrected chi connectivity index (χ3v) is 7.39. The summed E-state index contributed by atoms with van der Waals surface area (Å²) in [4.78, 5) is 40.3. The maximum atomic E-state index is 13.1. The first-order valence-corrected chi connectivity index (χ1v) is 13.7. The van der Waals surface area contributed by atoms with E-state index in [1.54, 1.807) is 20.2 Å². The minimum atomic E-state index is -1.37. The van der Waals surface area contributed by atoms with E-state index in [0.29, 0.717) is 6.54 Å². The number of hydrogen-bond donors (Lipinski definition) is 0. The van der Waals surface area contributed by atoms with Gasteiger partial charge < -0.3 is 14.0 Å². The largest absolute Gasteiger partial charge is 0.465 e. The third kappa shape index (κ3) is 5.03. The quantitative estimate of drug-likeness (QED) is 0.210. The Morgan fingerprint density at radius 2 is 1.62 bits per heavy atom. The van der Waals surface area contributed by atoms with Gasteiger partial charge in [0.15, 0.2) is 11.1 Å². The normalized spacial score (nSPS) is 13.8. The Bertz CT molecular complexity index is 1480. The number of benzene rings is 2. The molecule has 0 radical (unpaired) electrons. The number of unbranched alkanes of at least 4 members (excludes halogenated alkanes) is 1. The van der Waals surface area contributed by atoms with Crippen molar-refractivity contribution in [2.45, 2.75) is 59.4 Å². The van der Waals surface area contributed by atoms with E-state index >= 15 is 0 Å². The number of aromatic nitrogens is 4. The van der Waals surface area contributed by atoms with Crippen molar-refractivity contribution < 1.29 is 19.1 Å². The number of hydrogen-bond acceptors (Lipinski definition) is 7. The van der Waals surface area contributed by atoms with Crippen LogP contribution in [0, 0.1) is 5.41 Å². The van der Waals surface area contributed by atoms with Gasteiger partial charge >= 0.3 is 11.9 Å². The van der Waals surface area contributed by atoms with E-state index in [2.05, 4.69) is 41.2 Å². The minimum absolute atomic E-state index is 0.202. The fraction of sp³-hybridized carbons (Fsp3) is 0.387. The second kappa shape index (κ2) is 11.4. The molecule has 0 bridgehead atoms. The number of ether oxygens (including phenoxy) is 2. The number of esters is 2. The maximum Gasteiger partial charge on any atom is 0.324 e. The van der Waals surface area contributed by atoms with Crippen LogP contribution in [0.15, 0.2) is 55.1 Å². The molecule has 0 atom stereocenters. The Morgan fingerprint density at radius 1 is 0.923 bits per heavy atom. The van der Waals surface area contributed by atoms with Crippen molar-refractivity contribution in [3.63, 3.8) is 0 Å². The predicted octanol–water partition coefficient (Wildman–Crippen LogP) is 5.10. The molecule has 0 saturated carbocycles. The number of imidazole rings is 1. The zero-order chi connectivity index (χ0) is 27.4. The summed E-state index contributed by atoms with van der Waals surface area (Å²) in [5, 5.41) is 0. The molecule has 0 spiro atoms. The SMILES string of the molecule is CCCCc1cc2c(cc1-c1ncnc3c1ncn3Cc1ccccc1)CC(C(=O)OCC)(C(=O)OCC)C2. The molecule has 202 valence electrons. The molecule has 1 aliphatic rings. The monoisotopic (exact) mass is 526 g/mol. The van der Waals surface area contributed by atoms with E-state index in [4.69, 9.17) is 14.5 Å². The predicted molar refractivity (Wildman–Crippen MR) is 148 cm³/mol. The first-order valence-electron chi connectivity index (χ1n) is 13.7. The molecule has 8 nitrogen and oxygen atoms in total. The molecule has 0 amide bonds. The molecule has 5 rings (SSSR count). The van der Waals surface area contributed by atoms with Gasteiger partial charge in [0.1, 0.15) is 17.5 Å². The van der Waals surface area contributed by atoms with Crippen LogP contribution in [0.1, 0.15) is 55.9 Å². The number of rotatable bonds is 10. The van der Waals surface area contributed by atoms with Crippen molar-refractivity contribution in [2.75, 3.05) is 13.2 Å². The van der Waals surface area contributed by atoms with Crippen molar-refractivity contribution in [3.8, 4) is 11.3 Å². The summed E-state index contributed by atoms with van der Waals surface area (Å²) in [7, 11) is 0. The van der Waals surface area contributed by atoms with Crippen LogP contribution in [0.4, 0.5) is 0 Å². The first kappa shape index (κ1) is 26.5. The lowest BCUT2D eigenvalue weighted by Gasteiger charge is -2.23. The number of aryl methyl sites for hydroxylation is 1. The lowest BCUT2D eigenvalue weighted by atomic mass is 9.84. The zero-order valence-corrected chi connectivity index (χ0v) is 22.8. The molecule has 0 fully saturated rings. The summed E-state index contributed by atoms with van der Waals surface area (Å²) in [6.45, 7) is 6.71. The van der Waals surface area contributed by atoms with Crippen molar-refractivity contribution in [3.05, 3.63) is 77.4 Å². The highest BCUT2D eigenvalue weighted by Crippen LogP contribution is 2.43. The average Bonchev–Trinajstić information content (AvgIpc) is 3.54. The Hall–Kier alpha value is -4.07. The average molecular weight is 527 g/mol. The third-order valence-electron chi connectivity index (χ3n) is 7.39. The fourth-order valence-electron chi connectivity index (χ4n) is 5.46. The smallest absolute Gasteiger partial charge is 0.324 e. The highest BCUT2D eigenvalue weighted by Gasteiger charge is 2.53. The molecule has 8 heteroatoms. The van der Waals surface area contributed by atoms with Gasteiger partial charge in [0.05, 0.1) is 26.1 Å². The molecule has 2 aromatic heterocycles. The molecule has 39 heavy (non-hydrogen) atoms. The van der Waals surface area contributed by atoms with E-state index in [0.717, 1.165) is 63.9 Å². The molecule has 4 aromatic rings. The van der Waals surface area contributed by atoms with Crippen LogP contribution < -0.4 is 0 Å². The second-order valence-corrected chi connectivity index (χ2v) is 10.0. The Labute approximate surface area is 228 Å². The van der Waals surface area contributed by atoms with Crippen molar-refractivity contribution in [1.82, 2.24) is 19.5 Å². The van der Waals surface area contributed by atoms with Gasteiger partial charge in [-0.1, -0.05) is 49.7 Å². The summed E-state index contributed by atoms with van der Waals surface area (Å²) in [6, 6.07) is 14.4. The van der Waals surface area contributed by atoms with Gasteiger partial charge in [-0.25, -0.2) is 15.0 Å². The highest BCUT2D eigenvalue weighted by atomic mass is 16.6. The van der Waals surface area contributed by atoms with Crippen molar-refractivity contribution >= 4 is 23.1 Å². The van der Waals surface area contributed by atoms with Gasteiger partial charge in [-0.2, -0.15) is 0 Å². The maximum absolute atomic E-state index is 13.1. The van der Waals surface area contributed by atoms with Crippen LogP contribution in [-0.4, -0.2) is 44.7 Å². The van der Waals surface area contributed by atoms with Crippen molar-refractivity contribution in [1.29, 1.82) is 0 Å². The number of fused-ring (bicyclic) bond motifs is 2. The lowest BCUT2D eigenvalue weighted by molar-refractivity contribution is -0.171. The Balaban J connectivity index is 1.59. The van der Waals surface area contributed by atoms with Gasteiger partial charge in [-0.3, -0.25) is 9.59 Å². The summed E-state index contributed by atoms with van der Waals surface area (Å²) >= 11 is 0. The number of carbonyl (C=O) groups excluding carboxylic acids is 2. The minimum Gasteiger partial charge on any atom is -0.465 e. The van der Waals surface area contributed by atoms with E-state index in [9.17, 15) is 9.59 Å². The molecule has 0 N–H and O–H groups in total. The van der Waals surface area contributed by atoms with E-state index in [-0.39, 0.29) is 26.1 Å². The van der Waals surface area contributed by atoms with Crippen LogP contribution in [0.2, 0.25) is 0 Å². The summed E-state index contributed by atoms with van der Waals surface area (Å²) in [5.74, 6) is -1.05. The molecular weight excluding hydrogens is 492 g/mol. The highest BCUT2D eigenvalue weighted by molar-refractivity contribution is 6.02. The van der Waals surface area contributed by atoms with Crippen LogP contribution in [0.25, 0.3) is 22.4 Å². The van der Waals surface area contributed by atoms with Crippen LogP contribution >= 0.6 is 0 Å². The van der Waals surface area contributed by atoms with Gasteiger partial charge in [-0.05, 0) is 67.9 Å². The molecule has 1 aliphatic carbocycles. The standard InChI is InChI=1S/C31H34N4O4/c1-4-7-13-22-14-23-16-31(29(36)38-5-2,30(37)39-6-3)17-24(23)15-25(22)26-27-28(33-19-32-26)35(20-34-27)18-21-11-9-8-10-12-21/h8-12,14-15,19-20H,4-7,13,16-18H2,1-3H3. The topological polar surface area (TPSA) is 96.2 Å². The summed E-state index contributed by atoms with van der Waals surface area (Å²) < 4.78 is 12.8. The van der Waals surface area contributed by atoms with Crippen LogP contribution in [-0.2, 0) is 44.9 Å².